The first-order valence-corrected chi connectivity index (χ1v) is 20.2. The zero-order chi connectivity index (χ0) is 38.3. The Bertz CT molecular complexity index is 2110. The van der Waals surface area contributed by atoms with Crippen LogP contribution < -0.4 is 25.4 Å². The van der Waals surface area contributed by atoms with E-state index in [0.29, 0.717) is 69.9 Å². The summed E-state index contributed by atoms with van der Waals surface area (Å²) >= 11 is 1.21. The monoisotopic (exact) mass is 745 g/mol. The number of H-pyrrole nitrogens is 1. The maximum Gasteiger partial charge on any atom is 0.295 e. The lowest BCUT2D eigenvalue weighted by atomic mass is 9.81. The van der Waals surface area contributed by atoms with Crippen LogP contribution in [0.3, 0.4) is 0 Å². The highest BCUT2D eigenvalue weighted by atomic mass is 32.2. The first-order valence-electron chi connectivity index (χ1n) is 19.2. The van der Waals surface area contributed by atoms with Crippen molar-refractivity contribution in [2.24, 2.45) is 10.4 Å². The van der Waals surface area contributed by atoms with Crippen molar-refractivity contribution in [3.63, 3.8) is 0 Å². The van der Waals surface area contributed by atoms with E-state index in [9.17, 15) is 10.4 Å². The van der Waals surface area contributed by atoms with Gasteiger partial charge in [0.05, 0.1) is 70.7 Å². The van der Waals surface area contributed by atoms with E-state index in [4.69, 9.17) is 24.9 Å². The van der Waals surface area contributed by atoms with Crippen molar-refractivity contribution in [1.82, 2.24) is 15.0 Å². The lowest BCUT2D eigenvalue weighted by Gasteiger charge is -2.32. The molecule has 286 valence electrons. The zero-order valence-electron chi connectivity index (χ0n) is 32.5. The number of nitrogens with one attached hydrogen (secondary N) is 2. The third-order valence-electron chi connectivity index (χ3n) is 10.3. The second kappa shape index (κ2) is 17.6. The number of anilines is 1. The van der Waals surface area contributed by atoms with Crippen molar-refractivity contribution < 1.29 is 19.0 Å². The van der Waals surface area contributed by atoms with Crippen molar-refractivity contribution in [2.45, 2.75) is 116 Å². The highest BCUT2D eigenvalue weighted by Crippen LogP contribution is 2.34. The summed E-state index contributed by atoms with van der Waals surface area (Å²) in [6.07, 6.45) is 11.8. The highest BCUT2D eigenvalue weighted by molar-refractivity contribution is 8.00. The van der Waals surface area contributed by atoms with Crippen LogP contribution in [-0.2, 0) is 4.74 Å². The quantitative estimate of drug-likeness (QED) is 0.171. The van der Waals surface area contributed by atoms with Crippen molar-refractivity contribution in [1.29, 1.82) is 10.7 Å². The van der Waals surface area contributed by atoms with Gasteiger partial charge in [-0.05, 0) is 46.1 Å². The molecule has 5 rings (SSSR count). The number of nitrogens with zero attached hydrogens (tertiary/aromatic N) is 5. The first kappa shape index (κ1) is 40.4. The fraction of sp³-hybridized carbons (Fsp3) is 0.585. The van der Waals surface area contributed by atoms with Gasteiger partial charge in [0, 0.05) is 39.4 Å². The lowest BCUT2D eigenvalue weighted by Crippen LogP contribution is -2.43. The molecular weight excluding hydrogens is 690 g/mol. The Morgan fingerprint density at radius 2 is 2.04 bits per heavy atom. The van der Waals surface area contributed by atoms with Crippen LogP contribution in [0.15, 0.2) is 22.2 Å². The number of hydrogen-bond donors (Lipinski definition) is 3. The maximum atomic E-state index is 15.4. The molecule has 3 aliphatic heterocycles. The summed E-state index contributed by atoms with van der Waals surface area (Å²) in [6.45, 7) is 16.5. The van der Waals surface area contributed by atoms with Crippen LogP contribution in [-0.4, -0.2) is 76.1 Å². The lowest BCUT2D eigenvalue weighted by molar-refractivity contribution is -0.0123. The van der Waals surface area contributed by atoms with E-state index in [1.807, 2.05) is 26.0 Å². The van der Waals surface area contributed by atoms with Gasteiger partial charge in [0.1, 0.15) is 17.5 Å². The van der Waals surface area contributed by atoms with Crippen LogP contribution in [0.2, 0.25) is 0 Å². The largest absolute Gasteiger partial charge is 0.464 e. The van der Waals surface area contributed by atoms with Crippen molar-refractivity contribution >= 4 is 34.9 Å². The number of pyridine rings is 1. The average Bonchev–Trinajstić information content (AvgIpc) is 3.32. The van der Waals surface area contributed by atoms with Gasteiger partial charge in [0.25, 0.3) is 6.01 Å². The molecule has 53 heavy (non-hydrogen) atoms. The van der Waals surface area contributed by atoms with Crippen LogP contribution >= 0.6 is 11.8 Å². The number of hydrogen-bond acceptors (Lipinski definition) is 10. The summed E-state index contributed by atoms with van der Waals surface area (Å²) in [5.74, 6) is 0.317. The van der Waals surface area contributed by atoms with Crippen LogP contribution in [0.5, 0.6) is 6.01 Å². The van der Waals surface area contributed by atoms with E-state index in [1.165, 1.54) is 24.4 Å². The number of ether oxygens (including phenoxy) is 2. The molecule has 4 heterocycles. The number of unbranched alkanes of at least 4 members (excludes halogenated alkanes) is 3. The Kier molecular flexibility index (Phi) is 13.4. The van der Waals surface area contributed by atoms with Crippen molar-refractivity contribution in [3.8, 4) is 23.3 Å². The molecule has 3 atom stereocenters. The molecule has 12 heteroatoms. The van der Waals surface area contributed by atoms with E-state index in [2.05, 4.69) is 48.6 Å². The predicted molar refractivity (Wildman–Crippen MR) is 210 cm³/mol. The Labute approximate surface area is 316 Å². The molecule has 1 saturated heterocycles. The van der Waals surface area contributed by atoms with E-state index < -0.39 is 11.4 Å². The van der Waals surface area contributed by atoms with Gasteiger partial charge in [0.2, 0.25) is 0 Å². The maximum absolute atomic E-state index is 15.4. The second-order valence-electron chi connectivity index (χ2n) is 15.2. The molecule has 1 aromatic rings. The summed E-state index contributed by atoms with van der Waals surface area (Å²) in [6, 6.07) is 4.41. The first-order chi connectivity index (χ1) is 25.4. The number of β-amino-alcohol motifs (C(OH)–C–C–N with tert-alkyl or cyclic N) is 1. The Morgan fingerprint density at radius 3 is 2.74 bits per heavy atom. The Balaban J connectivity index is 1.91. The van der Waals surface area contributed by atoms with E-state index in [1.54, 1.807) is 6.92 Å². The minimum absolute atomic E-state index is 0.0365. The normalized spacial score (nSPS) is 20.9. The van der Waals surface area contributed by atoms with Crippen LogP contribution in [0.4, 0.5) is 10.2 Å². The minimum Gasteiger partial charge on any atom is -0.464 e. The molecule has 0 amide bonds. The van der Waals surface area contributed by atoms with Gasteiger partial charge in [-0.25, -0.2) is 4.39 Å². The molecule has 0 radical (unpaired) electrons. The topological polar surface area (TPSA) is 144 Å². The fourth-order valence-corrected chi connectivity index (χ4v) is 8.14. The highest BCUT2D eigenvalue weighted by Gasteiger charge is 2.32. The average molecular weight is 746 g/mol. The molecule has 0 aromatic carbocycles. The third kappa shape index (κ3) is 9.13. The molecule has 3 N–H and O–H groups in total. The van der Waals surface area contributed by atoms with Gasteiger partial charge in [0.15, 0.2) is 5.82 Å². The second-order valence-corrected chi connectivity index (χ2v) is 16.2. The van der Waals surface area contributed by atoms with Crippen LogP contribution in [0.1, 0.15) is 99.8 Å². The van der Waals surface area contributed by atoms with Gasteiger partial charge >= 0.3 is 0 Å². The number of halogens is 1. The number of aromatic nitrogens is 3. The minimum atomic E-state index is -1.12. The number of aromatic amines is 1. The third-order valence-corrected chi connectivity index (χ3v) is 11.5. The number of aliphatic hydroxyl groups is 1. The van der Waals surface area contributed by atoms with Gasteiger partial charge < -0.3 is 29.9 Å². The molecular formula is C41H56FN7O3S. The summed E-state index contributed by atoms with van der Waals surface area (Å²) in [5.41, 5.74) is 0.581. The summed E-state index contributed by atoms with van der Waals surface area (Å²) in [4.78, 5) is 20.9. The molecule has 1 fully saturated rings. The molecule has 0 spiro atoms. The smallest absolute Gasteiger partial charge is 0.295 e. The zero-order valence-corrected chi connectivity index (χ0v) is 33.3. The molecule has 1 aliphatic carbocycles. The molecule has 0 saturated carbocycles. The number of fused-ring (bicyclic) bond motifs is 2. The number of benzene rings is 1. The number of rotatable bonds is 13. The number of thioether (sulfide) groups is 1. The molecule has 10 nitrogen and oxygen atoms in total. The van der Waals surface area contributed by atoms with Gasteiger partial charge in [-0.1, -0.05) is 65.9 Å². The Hall–Kier alpha value is -3.79. The van der Waals surface area contributed by atoms with Crippen molar-refractivity contribution in [2.75, 3.05) is 43.6 Å². The predicted octanol–water partition coefficient (Wildman–Crippen LogP) is 6.38. The number of nitriles is 1. The standard InChI is InChI=1S/C41H56FN7O3S/c1-8-12-14-16-40(6,15-13-9-2)24-52-39-47-32-19-28(36-34-29(20-43)31(44)22-53-37(34)30(42)21-45-36)35(46-26(5)10-3)27(11-4)33(32)38(48-39)49-17-18-51-25-41(7,50)23-49/h11,19,21,26,44,50H,8-10,12-18,22-25H2,1-7H3,(H,47,48)/b27-11-,36-28+,44-31?,46-35?. The summed E-state index contributed by atoms with van der Waals surface area (Å²) in [7, 11) is 0. The van der Waals surface area contributed by atoms with E-state index in [0.717, 1.165) is 55.7 Å². The Morgan fingerprint density at radius 1 is 1.28 bits per heavy atom. The summed E-state index contributed by atoms with van der Waals surface area (Å²) in [5, 5.41) is 32.9. The van der Waals surface area contributed by atoms with E-state index in [-0.39, 0.29) is 35.1 Å². The molecule has 0 bridgehead atoms. The molecule has 1 aromatic heterocycles. The molecule has 4 aliphatic rings. The fourth-order valence-electron chi connectivity index (χ4n) is 7.18. The van der Waals surface area contributed by atoms with Crippen molar-refractivity contribution in [3.05, 3.63) is 44.4 Å². The van der Waals surface area contributed by atoms with Gasteiger partial charge in [-0.2, -0.15) is 10.2 Å². The SMILES string of the molecule is C/C=c1/c2c(N3CCOCC(C)(O)C3)nc(OCC(C)(CCCC)CCCCC)[nH]c-2c/c(=c2\ncc(F)c3c2=C(C#N)C(=N)CS3)c1=NC(C)CC. The van der Waals surface area contributed by atoms with Gasteiger partial charge in [-0.15, -0.1) is 11.8 Å². The van der Waals surface area contributed by atoms with Crippen LogP contribution in [0, 0.1) is 38.5 Å². The summed E-state index contributed by atoms with van der Waals surface area (Å²) < 4.78 is 27.8. The van der Waals surface area contributed by atoms with Gasteiger partial charge in [-0.3, -0.25) is 9.98 Å². The van der Waals surface area contributed by atoms with Crippen LogP contribution in [0.25, 0.3) is 22.9 Å². The van der Waals surface area contributed by atoms with E-state index >= 15 is 4.39 Å². The molecule has 3 unspecified atom stereocenters.